The Hall–Kier alpha value is -1.70. The fourth-order valence-electron chi connectivity index (χ4n) is 1.04. The zero-order chi connectivity index (χ0) is 8.39. The molecule has 0 N–H and O–H groups in total. The first-order chi connectivity index (χ1) is 5.90. The molecular weight excluding hydrogens is 148 g/mol. The number of rotatable bonds is 1. The molecule has 0 amide bonds. The van der Waals surface area contributed by atoms with Gasteiger partial charge in [0, 0.05) is 5.39 Å². The second kappa shape index (κ2) is 2.74. The van der Waals surface area contributed by atoms with Crippen molar-refractivity contribution in [2.24, 2.45) is 0 Å². The van der Waals surface area contributed by atoms with E-state index in [1.165, 1.54) is 0 Å². The lowest BCUT2D eigenvalue weighted by Crippen LogP contribution is -1.86. The molecule has 12 heavy (non-hydrogen) atoms. The van der Waals surface area contributed by atoms with Crippen LogP contribution in [-0.4, -0.2) is 10.2 Å². The zero-order valence-corrected chi connectivity index (χ0v) is 6.49. The van der Waals surface area contributed by atoms with Gasteiger partial charge in [-0.15, -0.1) is 5.10 Å². The summed E-state index contributed by atoms with van der Waals surface area (Å²) >= 11 is 0. The summed E-state index contributed by atoms with van der Waals surface area (Å²) in [6.45, 7) is 3.63. The predicted molar refractivity (Wildman–Crippen MR) is 48.5 cm³/mol. The monoisotopic (exact) mass is 155 g/mol. The van der Waals surface area contributed by atoms with Crippen molar-refractivity contribution >= 4 is 17.0 Å². The minimum absolute atomic E-state index is 0.800. The van der Waals surface area contributed by atoms with E-state index in [-0.39, 0.29) is 0 Å². The van der Waals surface area contributed by atoms with Crippen molar-refractivity contribution < 1.29 is 0 Å². The van der Waals surface area contributed by atoms with E-state index >= 15 is 0 Å². The molecule has 1 aromatic heterocycles. The van der Waals surface area contributed by atoms with Crippen LogP contribution >= 0.6 is 0 Å². The summed E-state index contributed by atoms with van der Waals surface area (Å²) in [6.07, 6.45) is 1.68. The van der Waals surface area contributed by atoms with E-state index < -0.39 is 0 Å². The van der Waals surface area contributed by atoms with Gasteiger partial charge in [-0.25, -0.2) is 0 Å². The zero-order valence-electron chi connectivity index (χ0n) is 6.49. The Morgan fingerprint density at radius 2 is 2.33 bits per heavy atom. The highest BCUT2D eigenvalue weighted by atomic mass is 15.1. The highest BCUT2D eigenvalue weighted by Gasteiger charge is 1.94. The molecule has 0 saturated carbocycles. The Morgan fingerprint density at radius 1 is 1.42 bits per heavy atom. The average molecular weight is 155 g/mol. The van der Waals surface area contributed by atoms with Crippen LogP contribution in [0.4, 0.5) is 0 Å². The number of aromatic nitrogens is 2. The van der Waals surface area contributed by atoms with Gasteiger partial charge < -0.3 is 0 Å². The molecule has 57 valence electrons. The number of fused-ring (bicyclic) bond motifs is 1. The molecule has 0 aliphatic heterocycles. The van der Waals surface area contributed by atoms with Gasteiger partial charge in [0.1, 0.15) is 0 Å². The summed E-state index contributed by atoms with van der Waals surface area (Å²) < 4.78 is 0. The number of nitrogens with zero attached hydrogens (tertiary/aromatic N) is 2. The van der Waals surface area contributed by atoms with Gasteiger partial charge in [-0.05, 0) is 24.3 Å². The topological polar surface area (TPSA) is 25.8 Å². The van der Waals surface area contributed by atoms with Crippen LogP contribution in [0.2, 0.25) is 0 Å². The summed E-state index contributed by atoms with van der Waals surface area (Å²) in [5.74, 6) is 0. The normalized spacial score (nSPS) is 10.0. The van der Waals surface area contributed by atoms with Gasteiger partial charge in [-0.2, -0.15) is 5.10 Å². The first kappa shape index (κ1) is 6.98. The fourth-order valence-corrected chi connectivity index (χ4v) is 1.04. The maximum absolute atomic E-state index is 4.00. The summed E-state index contributed by atoms with van der Waals surface area (Å²) in [4.78, 5) is 0. The second-order valence-corrected chi connectivity index (χ2v) is 2.46. The maximum atomic E-state index is 4.00. The third kappa shape index (κ3) is 1.07. The van der Waals surface area contributed by atoms with Crippen molar-refractivity contribution in [3.8, 4) is 0 Å². The van der Waals surface area contributed by atoms with E-state index in [0.717, 1.165) is 16.6 Å². The lowest BCUT2D eigenvalue weighted by molar-refractivity contribution is 1.06. The van der Waals surface area contributed by atoms with Gasteiger partial charge >= 0.3 is 0 Å². The van der Waals surface area contributed by atoms with Crippen LogP contribution in [0.15, 0.2) is 30.8 Å². The molecule has 0 unspecified atom stereocenters. The average Bonchev–Trinajstić information content (AvgIpc) is 2.17. The van der Waals surface area contributed by atoms with Crippen molar-refractivity contribution in [3.63, 3.8) is 0 Å². The molecule has 1 radical (unpaired) electrons. The van der Waals surface area contributed by atoms with Crippen molar-refractivity contribution in [2.75, 3.05) is 0 Å². The van der Waals surface area contributed by atoms with E-state index in [4.69, 9.17) is 0 Å². The first-order valence-corrected chi connectivity index (χ1v) is 3.66. The van der Waals surface area contributed by atoms with E-state index in [1.807, 2.05) is 24.3 Å². The lowest BCUT2D eigenvalue weighted by atomic mass is 10.2. The Balaban J connectivity index is 2.75. The molecule has 0 atom stereocenters. The van der Waals surface area contributed by atoms with Crippen molar-refractivity contribution in [1.29, 1.82) is 0 Å². The van der Waals surface area contributed by atoms with E-state index in [1.54, 1.807) is 6.08 Å². The quantitative estimate of drug-likeness (QED) is 0.630. The third-order valence-corrected chi connectivity index (χ3v) is 1.66. The molecule has 0 bridgehead atoms. The summed E-state index contributed by atoms with van der Waals surface area (Å²) in [7, 11) is 0. The molecule has 2 heteroatoms. The second-order valence-electron chi connectivity index (χ2n) is 2.46. The van der Waals surface area contributed by atoms with Crippen LogP contribution < -0.4 is 0 Å². The smallest absolute Gasteiger partial charge is 0.0936 e. The number of hydrogen-bond donors (Lipinski definition) is 0. The SMILES string of the molecule is C=Cc1cc2cc[c]cc2nn1. The van der Waals surface area contributed by atoms with Gasteiger partial charge in [0.05, 0.1) is 11.2 Å². The molecule has 0 aliphatic rings. The molecule has 2 aromatic rings. The van der Waals surface area contributed by atoms with Gasteiger partial charge in [-0.1, -0.05) is 18.7 Å². The van der Waals surface area contributed by atoms with Crippen LogP contribution in [0.25, 0.3) is 17.0 Å². The largest absolute Gasteiger partial charge is 0.151 e. The van der Waals surface area contributed by atoms with Crippen LogP contribution in [0, 0.1) is 6.07 Å². The molecule has 0 aliphatic carbocycles. The molecule has 1 aromatic carbocycles. The van der Waals surface area contributed by atoms with Crippen molar-refractivity contribution in [2.45, 2.75) is 0 Å². The molecule has 2 rings (SSSR count). The highest BCUT2D eigenvalue weighted by Crippen LogP contribution is 2.10. The van der Waals surface area contributed by atoms with Crippen LogP contribution in [0.5, 0.6) is 0 Å². The van der Waals surface area contributed by atoms with Crippen molar-refractivity contribution in [3.05, 3.63) is 42.6 Å². The molecule has 0 fully saturated rings. The predicted octanol–water partition coefficient (Wildman–Crippen LogP) is 2.07. The van der Waals surface area contributed by atoms with Crippen LogP contribution in [0.3, 0.4) is 0 Å². The Bertz CT molecular complexity index is 421. The van der Waals surface area contributed by atoms with E-state index in [2.05, 4.69) is 22.8 Å². The lowest BCUT2D eigenvalue weighted by Gasteiger charge is -1.95. The van der Waals surface area contributed by atoms with E-state index in [0.29, 0.717) is 0 Å². The molecule has 0 saturated heterocycles. The van der Waals surface area contributed by atoms with Gasteiger partial charge in [0.15, 0.2) is 0 Å². The molecule has 0 spiro atoms. The van der Waals surface area contributed by atoms with Crippen LogP contribution in [-0.2, 0) is 0 Å². The standard InChI is InChI=1S/C10H7N2/c1-2-9-7-8-5-3-4-6-10(8)12-11-9/h2-3,5-7H,1H2. The maximum Gasteiger partial charge on any atom is 0.0936 e. The van der Waals surface area contributed by atoms with Gasteiger partial charge in [0.25, 0.3) is 0 Å². The first-order valence-electron chi connectivity index (χ1n) is 3.66. The fraction of sp³-hybridized carbons (Fsp3) is 0. The number of hydrogen-bond acceptors (Lipinski definition) is 2. The van der Waals surface area contributed by atoms with Crippen LogP contribution in [0.1, 0.15) is 5.69 Å². The Kier molecular flexibility index (Phi) is 1.59. The highest BCUT2D eigenvalue weighted by molar-refractivity contribution is 5.79. The molecule has 2 nitrogen and oxygen atoms in total. The summed E-state index contributed by atoms with van der Waals surface area (Å²) in [5, 5.41) is 9.01. The molecule has 1 heterocycles. The van der Waals surface area contributed by atoms with E-state index in [9.17, 15) is 0 Å². The van der Waals surface area contributed by atoms with Gasteiger partial charge in [0.2, 0.25) is 0 Å². The Labute approximate surface area is 70.6 Å². The number of benzene rings is 1. The summed E-state index contributed by atoms with van der Waals surface area (Å²) in [5.41, 5.74) is 1.66. The minimum atomic E-state index is 0.800. The van der Waals surface area contributed by atoms with Crippen molar-refractivity contribution in [1.82, 2.24) is 10.2 Å². The molecular formula is C10H7N2. The third-order valence-electron chi connectivity index (χ3n) is 1.66. The minimum Gasteiger partial charge on any atom is -0.151 e. The Morgan fingerprint density at radius 3 is 3.17 bits per heavy atom. The van der Waals surface area contributed by atoms with Gasteiger partial charge in [-0.3, -0.25) is 0 Å². The summed E-state index contributed by atoms with van der Waals surface area (Å²) in [6, 6.07) is 10.5.